The normalized spacial score (nSPS) is 13.2. The van der Waals surface area contributed by atoms with Crippen LogP contribution in [-0.4, -0.2) is 23.4 Å². The van der Waals surface area contributed by atoms with Gasteiger partial charge in [0.1, 0.15) is 17.1 Å². The Bertz CT molecular complexity index is 1020. The summed E-state index contributed by atoms with van der Waals surface area (Å²) in [7, 11) is 1.60. The largest absolute Gasteiger partial charge is 0.497 e. The van der Waals surface area contributed by atoms with Gasteiger partial charge in [-0.25, -0.2) is 0 Å². The van der Waals surface area contributed by atoms with Crippen LogP contribution in [0.25, 0.3) is 11.1 Å². The van der Waals surface area contributed by atoms with Crippen molar-refractivity contribution in [3.05, 3.63) is 74.8 Å². The van der Waals surface area contributed by atoms with Crippen molar-refractivity contribution in [3.63, 3.8) is 0 Å². The quantitative estimate of drug-likeness (QED) is 0.354. The van der Waals surface area contributed by atoms with Crippen LogP contribution in [0.5, 0.6) is 5.75 Å². The highest BCUT2D eigenvalue weighted by Crippen LogP contribution is 2.36. The Labute approximate surface area is 186 Å². The molecule has 1 atom stereocenters. The van der Waals surface area contributed by atoms with Crippen LogP contribution in [0.4, 0.5) is 0 Å². The first-order valence-electron chi connectivity index (χ1n) is 9.43. The van der Waals surface area contributed by atoms with E-state index >= 15 is 0 Å². The van der Waals surface area contributed by atoms with Crippen molar-refractivity contribution in [3.8, 4) is 11.8 Å². The Morgan fingerprint density at radius 1 is 1.33 bits per heavy atom. The number of hydrogen-bond donors (Lipinski definition) is 1. The molecule has 156 valence electrons. The molecule has 0 bridgehead atoms. The smallest absolute Gasteiger partial charge is 0.316 e. The summed E-state index contributed by atoms with van der Waals surface area (Å²) in [6, 6.07) is 13.8. The Kier molecular flexibility index (Phi) is 8.52. The van der Waals surface area contributed by atoms with E-state index in [-0.39, 0.29) is 0 Å². The molecule has 1 aromatic carbocycles. The van der Waals surface area contributed by atoms with Gasteiger partial charge in [0.25, 0.3) is 0 Å². The predicted molar refractivity (Wildman–Crippen MR) is 127 cm³/mol. The second-order valence-electron chi connectivity index (χ2n) is 6.64. The van der Waals surface area contributed by atoms with Gasteiger partial charge in [0.05, 0.1) is 12.7 Å². The summed E-state index contributed by atoms with van der Waals surface area (Å²) in [5.41, 5.74) is 2.94. The lowest BCUT2D eigenvalue weighted by Gasteiger charge is -2.14. The third kappa shape index (κ3) is 5.88. The first-order valence-corrected chi connectivity index (χ1v) is 11.1. The summed E-state index contributed by atoms with van der Waals surface area (Å²) in [6.07, 6.45) is 2.41. The van der Waals surface area contributed by atoms with Gasteiger partial charge in [0, 0.05) is 20.2 Å². The Morgan fingerprint density at radius 3 is 2.47 bits per heavy atom. The number of carboxylic acids is 1. The van der Waals surface area contributed by atoms with Crippen LogP contribution in [0.3, 0.4) is 0 Å². The molecule has 1 heterocycles. The fourth-order valence-electron chi connectivity index (χ4n) is 2.82. The van der Waals surface area contributed by atoms with E-state index in [4.69, 9.17) is 4.74 Å². The Balaban J connectivity index is 2.60. The zero-order valence-electron chi connectivity index (χ0n) is 17.6. The van der Waals surface area contributed by atoms with Crippen LogP contribution >= 0.6 is 23.1 Å². The van der Waals surface area contributed by atoms with E-state index in [1.807, 2.05) is 44.2 Å². The highest BCUT2D eigenvalue weighted by Gasteiger charge is 2.21. The number of allylic oxidation sites excluding steroid dienone is 4. The SMILES string of the molecule is C=C(SC(CC)C(=O)O)/C(C#N)=C(\C=C(/C)c1ccc(C)s1)c1ccc(OC)cc1. The second-order valence-corrected chi connectivity index (χ2v) is 9.23. The Morgan fingerprint density at radius 2 is 2.00 bits per heavy atom. The van der Waals surface area contributed by atoms with Crippen molar-refractivity contribution in [2.45, 2.75) is 32.4 Å². The van der Waals surface area contributed by atoms with Crippen molar-refractivity contribution in [1.82, 2.24) is 0 Å². The fraction of sp³-hybridized carbons (Fsp3) is 0.250. The molecule has 0 saturated carbocycles. The molecule has 0 fully saturated rings. The molecule has 0 saturated heterocycles. The topological polar surface area (TPSA) is 70.3 Å². The zero-order chi connectivity index (χ0) is 22.3. The number of thiophene rings is 1. The molecule has 0 spiro atoms. The number of benzene rings is 1. The first kappa shape index (κ1) is 23.5. The van der Waals surface area contributed by atoms with E-state index in [1.165, 1.54) is 4.88 Å². The van der Waals surface area contributed by atoms with Crippen molar-refractivity contribution in [2.24, 2.45) is 0 Å². The molecule has 0 amide bonds. The number of nitrogens with zero attached hydrogens (tertiary/aromatic N) is 1. The molecular weight excluding hydrogens is 414 g/mol. The third-order valence-electron chi connectivity index (χ3n) is 4.48. The van der Waals surface area contributed by atoms with E-state index in [0.717, 1.165) is 33.5 Å². The van der Waals surface area contributed by atoms with Crippen molar-refractivity contribution < 1.29 is 14.6 Å². The fourth-order valence-corrected chi connectivity index (χ4v) is 4.54. The molecular formula is C24H25NO3S2. The molecule has 0 aliphatic carbocycles. The third-order valence-corrected chi connectivity index (χ3v) is 6.93. The maximum absolute atomic E-state index is 11.5. The maximum atomic E-state index is 11.5. The number of aliphatic carboxylic acids is 1. The van der Waals surface area contributed by atoms with E-state index < -0.39 is 11.2 Å². The van der Waals surface area contributed by atoms with Crippen LogP contribution in [0.15, 0.2) is 59.5 Å². The number of hydrogen-bond acceptors (Lipinski definition) is 5. The number of ether oxygens (including phenoxy) is 1. The van der Waals surface area contributed by atoms with Crippen LogP contribution in [0.1, 0.15) is 35.6 Å². The molecule has 1 N–H and O–H groups in total. The van der Waals surface area contributed by atoms with Gasteiger partial charge in [0.15, 0.2) is 0 Å². The van der Waals surface area contributed by atoms with Gasteiger partial charge in [0.2, 0.25) is 0 Å². The summed E-state index contributed by atoms with van der Waals surface area (Å²) >= 11 is 2.80. The van der Waals surface area contributed by atoms with Crippen molar-refractivity contribution in [1.29, 1.82) is 5.26 Å². The minimum absolute atomic E-state index is 0.373. The lowest BCUT2D eigenvalue weighted by molar-refractivity contribution is -0.136. The van der Waals surface area contributed by atoms with Crippen LogP contribution in [0, 0.1) is 18.3 Å². The molecule has 0 aliphatic heterocycles. The average molecular weight is 440 g/mol. The van der Waals surface area contributed by atoms with Crippen LogP contribution in [0.2, 0.25) is 0 Å². The average Bonchev–Trinajstić information content (AvgIpc) is 3.18. The summed E-state index contributed by atoms with van der Waals surface area (Å²) in [6.45, 7) is 9.90. The minimum Gasteiger partial charge on any atom is -0.497 e. The summed E-state index contributed by atoms with van der Waals surface area (Å²) in [5.74, 6) is -0.191. The van der Waals surface area contributed by atoms with Crippen molar-refractivity contribution in [2.75, 3.05) is 7.11 Å². The number of carbonyl (C=O) groups is 1. The highest BCUT2D eigenvalue weighted by atomic mass is 32.2. The van der Waals surface area contributed by atoms with Crippen LogP contribution < -0.4 is 4.74 Å². The summed E-state index contributed by atoms with van der Waals surface area (Å²) in [5, 5.41) is 18.7. The highest BCUT2D eigenvalue weighted by molar-refractivity contribution is 8.04. The van der Waals surface area contributed by atoms with Crippen LogP contribution in [-0.2, 0) is 4.79 Å². The second kappa shape index (κ2) is 10.9. The number of nitriles is 1. The Hall–Kier alpha value is -2.75. The van der Waals surface area contributed by atoms with E-state index in [9.17, 15) is 15.2 Å². The number of thioether (sulfide) groups is 1. The maximum Gasteiger partial charge on any atom is 0.316 e. The van der Waals surface area contributed by atoms with Gasteiger partial charge in [-0.3, -0.25) is 4.79 Å². The van der Waals surface area contributed by atoms with E-state index in [2.05, 4.69) is 31.7 Å². The molecule has 2 aromatic rings. The standard InChI is InChI=1S/C24H25NO3S2/c1-6-22(24(26)27)30-17(4)21(14-25)20(18-8-10-19(28-5)11-9-18)13-15(2)23-12-7-16(3)29-23/h7-13,22H,4,6H2,1-3,5H3,(H,26,27)/b15-13+,21-20+. The predicted octanol–water partition coefficient (Wildman–Crippen LogP) is 6.56. The van der Waals surface area contributed by atoms with Gasteiger partial charge in [-0.1, -0.05) is 25.6 Å². The van der Waals surface area contributed by atoms with Gasteiger partial charge >= 0.3 is 5.97 Å². The van der Waals surface area contributed by atoms with Gasteiger partial charge in [-0.15, -0.1) is 23.1 Å². The van der Waals surface area contributed by atoms with Gasteiger partial charge < -0.3 is 9.84 Å². The first-order chi connectivity index (χ1) is 14.3. The van der Waals surface area contributed by atoms with Gasteiger partial charge in [-0.05, 0) is 61.7 Å². The molecule has 30 heavy (non-hydrogen) atoms. The molecule has 1 unspecified atom stereocenters. The molecule has 4 nitrogen and oxygen atoms in total. The van der Waals surface area contributed by atoms with E-state index in [1.54, 1.807) is 18.4 Å². The number of rotatable bonds is 9. The molecule has 6 heteroatoms. The summed E-state index contributed by atoms with van der Waals surface area (Å²) in [4.78, 5) is 14.2. The molecule has 0 aliphatic rings. The van der Waals surface area contributed by atoms with Gasteiger partial charge in [-0.2, -0.15) is 5.26 Å². The molecule has 2 rings (SSSR count). The lowest BCUT2D eigenvalue weighted by Crippen LogP contribution is -2.15. The number of aryl methyl sites for hydroxylation is 1. The molecule has 1 aromatic heterocycles. The monoisotopic (exact) mass is 439 g/mol. The molecule has 0 radical (unpaired) electrons. The van der Waals surface area contributed by atoms with Crippen molar-refractivity contribution >= 4 is 40.2 Å². The summed E-state index contributed by atoms with van der Waals surface area (Å²) < 4.78 is 5.25. The minimum atomic E-state index is -0.910. The number of carboxylic acid groups (broad SMARTS) is 1. The zero-order valence-corrected chi connectivity index (χ0v) is 19.2. The van der Waals surface area contributed by atoms with E-state index in [0.29, 0.717) is 22.5 Å². The lowest BCUT2D eigenvalue weighted by atomic mass is 9.97. The number of methoxy groups -OCH3 is 1.